The number of nitrogens with zero attached hydrogens (tertiary/aromatic N) is 4. The van der Waals surface area contributed by atoms with Crippen LogP contribution in [0, 0.1) is 0 Å². The molecule has 0 aliphatic carbocycles. The van der Waals surface area contributed by atoms with E-state index in [1.54, 1.807) is 6.20 Å². The van der Waals surface area contributed by atoms with E-state index in [9.17, 15) is 0 Å². The van der Waals surface area contributed by atoms with E-state index in [0.717, 1.165) is 44.7 Å². The summed E-state index contributed by atoms with van der Waals surface area (Å²) < 4.78 is 0. The van der Waals surface area contributed by atoms with E-state index in [1.807, 2.05) is 48.8 Å². The van der Waals surface area contributed by atoms with Crippen molar-refractivity contribution in [1.82, 2.24) is 15.0 Å². The van der Waals surface area contributed by atoms with Crippen LogP contribution in [0.5, 0.6) is 0 Å². The largest absolute Gasteiger partial charge is 0.289 e. The van der Waals surface area contributed by atoms with Crippen molar-refractivity contribution in [2.24, 2.45) is 4.99 Å². The first-order valence-electron chi connectivity index (χ1n) is 11.8. The molecular formula is C31H24N4. The first-order valence-corrected chi connectivity index (χ1v) is 11.8. The molecule has 4 nitrogen and oxygen atoms in total. The molecule has 3 heterocycles. The number of benzene rings is 3. The van der Waals surface area contributed by atoms with Crippen LogP contribution < -0.4 is 0 Å². The minimum Gasteiger partial charge on any atom is -0.289 e. The fourth-order valence-electron chi connectivity index (χ4n) is 4.62. The van der Waals surface area contributed by atoms with E-state index in [-0.39, 0.29) is 12.0 Å². The number of pyridine rings is 1. The van der Waals surface area contributed by atoms with E-state index in [0.29, 0.717) is 0 Å². The zero-order valence-corrected chi connectivity index (χ0v) is 19.4. The van der Waals surface area contributed by atoms with Crippen molar-refractivity contribution in [2.75, 3.05) is 0 Å². The number of dihydropyridines is 1. The summed E-state index contributed by atoms with van der Waals surface area (Å²) in [6.45, 7) is 2.15. The average molecular weight is 453 g/mol. The molecular weight excluding hydrogens is 428 g/mol. The summed E-state index contributed by atoms with van der Waals surface area (Å²) in [4.78, 5) is 18.9. The minimum atomic E-state index is 0.236. The molecule has 35 heavy (non-hydrogen) atoms. The second-order valence-corrected chi connectivity index (χ2v) is 8.80. The molecule has 3 aromatic carbocycles. The summed E-state index contributed by atoms with van der Waals surface area (Å²) in [6, 6.07) is 29.4. The van der Waals surface area contributed by atoms with Crippen LogP contribution in [-0.2, 0) is 0 Å². The lowest BCUT2D eigenvalue weighted by molar-refractivity contribution is 0.661. The van der Waals surface area contributed by atoms with E-state index < -0.39 is 0 Å². The molecule has 4 heteroatoms. The second kappa shape index (κ2) is 9.07. The molecule has 5 aromatic rings. The SMILES string of the molecule is CC1N=CC=CC1c1ccc(-c2nc3ccccc3nc2-c2ccc(-c3cccnc3)cc2)cc1. The molecule has 0 bridgehead atoms. The molecule has 0 radical (unpaired) electrons. The van der Waals surface area contributed by atoms with Crippen molar-refractivity contribution in [1.29, 1.82) is 0 Å². The quantitative estimate of drug-likeness (QED) is 0.291. The van der Waals surface area contributed by atoms with Crippen molar-refractivity contribution in [2.45, 2.75) is 18.9 Å². The molecule has 168 valence electrons. The number of aromatic nitrogens is 3. The summed E-state index contributed by atoms with van der Waals surface area (Å²) >= 11 is 0. The van der Waals surface area contributed by atoms with Crippen LogP contribution in [0.2, 0.25) is 0 Å². The van der Waals surface area contributed by atoms with E-state index >= 15 is 0 Å². The van der Waals surface area contributed by atoms with E-state index in [2.05, 4.69) is 77.6 Å². The number of aliphatic imine (C=N–C) groups is 1. The van der Waals surface area contributed by atoms with Gasteiger partial charge >= 0.3 is 0 Å². The summed E-state index contributed by atoms with van der Waals surface area (Å²) in [5.41, 5.74) is 9.10. The molecule has 0 saturated carbocycles. The smallest absolute Gasteiger partial charge is 0.0973 e. The number of hydrogen-bond acceptors (Lipinski definition) is 4. The van der Waals surface area contributed by atoms with Crippen LogP contribution in [0.1, 0.15) is 18.4 Å². The standard InChI is InChI=1S/C31H24N4/c1-21-27(7-5-19-33-21)23-12-16-25(17-13-23)31-30(34-28-8-2-3-9-29(28)35-31)24-14-10-22(11-15-24)26-6-4-18-32-20-26/h2-21,27H,1H3. The molecule has 2 unspecified atom stereocenters. The van der Waals surface area contributed by atoms with Crippen molar-refractivity contribution in [3.05, 3.63) is 115 Å². The maximum Gasteiger partial charge on any atom is 0.0973 e. The van der Waals surface area contributed by atoms with Crippen LogP contribution in [0.15, 0.2) is 114 Å². The van der Waals surface area contributed by atoms with E-state index in [1.165, 1.54) is 5.56 Å². The Hall–Kier alpha value is -4.44. The van der Waals surface area contributed by atoms with Gasteiger partial charge in [0.15, 0.2) is 0 Å². The van der Waals surface area contributed by atoms with Crippen LogP contribution in [-0.4, -0.2) is 27.2 Å². The average Bonchev–Trinajstić information content (AvgIpc) is 2.93. The lowest BCUT2D eigenvalue weighted by Gasteiger charge is -2.20. The van der Waals surface area contributed by atoms with Gasteiger partial charge < -0.3 is 0 Å². The van der Waals surface area contributed by atoms with Gasteiger partial charge in [-0.3, -0.25) is 9.98 Å². The van der Waals surface area contributed by atoms with Gasteiger partial charge in [0.05, 0.1) is 28.5 Å². The first kappa shape index (κ1) is 21.1. The number of fused-ring (bicyclic) bond motifs is 1. The number of allylic oxidation sites excluding steroid dienone is 1. The molecule has 1 aliphatic heterocycles. The molecule has 0 fully saturated rings. The molecule has 0 N–H and O–H groups in total. The lowest BCUT2D eigenvalue weighted by Crippen LogP contribution is -2.13. The van der Waals surface area contributed by atoms with Crippen molar-refractivity contribution in [3.63, 3.8) is 0 Å². The molecule has 0 amide bonds. The van der Waals surface area contributed by atoms with Crippen molar-refractivity contribution in [3.8, 4) is 33.6 Å². The number of para-hydroxylation sites is 2. The van der Waals surface area contributed by atoms with Crippen LogP contribution in [0.25, 0.3) is 44.7 Å². The summed E-state index contributed by atoms with van der Waals surface area (Å²) in [7, 11) is 0. The van der Waals surface area contributed by atoms with Gasteiger partial charge in [-0.15, -0.1) is 0 Å². The van der Waals surface area contributed by atoms with Gasteiger partial charge in [0.2, 0.25) is 0 Å². The number of rotatable bonds is 4. The molecule has 0 spiro atoms. The number of hydrogen-bond donors (Lipinski definition) is 0. The van der Waals surface area contributed by atoms with Gasteiger partial charge in [0.1, 0.15) is 0 Å². The Morgan fingerprint density at radius 1 is 0.629 bits per heavy atom. The van der Waals surface area contributed by atoms with Crippen molar-refractivity contribution < 1.29 is 0 Å². The highest BCUT2D eigenvalue weighted by atomic mass is 14.8. The Bertz CT molecular complexity index is 1540. The predicted molar refractivity (Wildman–Crippen MR) is 143 cm³/mol. The summed E-state index contributed by atoms with van der Waals surface area (Å²) in [5.74, 6) is 0.288. The van der Waals surface area contributed by atoms with Gasteiger partial charge in [-0.2, -0.15) is 0 Å². The highest BCUT2D eigenvalue weighted by Crippen LogP contribution is 2.34. The van der Waals surface area contributed by atoms with E-state index in [4.69, 9.17) is 9.97 Å². The Morgan fingerprint density at radius 3 is 1.86 bits per heavy atom. The lowest BCUT2D eigenvalue weighted by atomic mass is 9.90. The second-order valence-electron chi connectivity index (χ2n) is 8.80. The van der Waals surface area contributed by atoms with Crippen molar-refractivity contribution >= 4 is 17.2 Å². The van der Waals surface area contributed by atoms with Crippen LogP contribution in [0.3, 0.4) is 0 Å². The maximum atomic E-state index is 5.05. The fraction of sp³-hybridized carbons (Fsp3) is 0.0968. The molecule has 0 saturated heterocycles. The topological polar surface area (TPSA) is 51.0 Å². The molecule has 2 atom stereocenters. The predicted octanol–water partition coefficient (Wildman–Crippen LogP) is 7.14. The molecule has 2 aromatic heterocycles. The third-order valence-electron chi connectivity index (χ3n) is 6.54. The van der Waals surface area contributed by atoms with Gasteiger partial charge in [0, 0.05) is 35.7 Å². The van der Waals surface area contributed by atoms with Crippen LogP contribution >= 0.6 is 0 Å². The fourth-order valence-corrected chi connectivity index (χ4v) is 4.62. The van der Waals surface area contributed by atoms with Gasteiger partial charge in [0.25, 0.3) is 0 Å². The Kier molecular flexibility index (Phi) is 5.47. The van der Waals surface area contributed by atoms with Gasteiger partial charge in [-0.05, 0) is 47.9 Å². The Labute approximate surface area is 204 Å². The minimum absolute atomic E-state index is 0.236. The van der Waals surface area contributed by atoms with Crippen LogP contribution in [0.4, 0.5) is 0 Å². The Morgan fingerprint density at radius 2 is 1.26 bits per heavy atom. The third kappa shape index (κ3) is 4.15. The summed E-state index contributed by atoms with van der Waals surface area (Å²) in [6.07, 6.45) is 9.80. The normalized spacial score (nSPS) is 17.1. The highest BCUT2D eigenvalue weighted by molar-refractivity contribution is 5.86. The maximum absolute atomic E-state index is 5.05. The molecule has 1 aliphatic rings. The first-order chi connectivity index (χ1) is 17.3. The summed E-state index contributed by atoms with van der Waals surface area (Å²) in [5, 5.41) is 0. The Balaban J connectivity index is 1.43. The third-order valence-corrected chi connectivity index (χ3v) is 6.54. The zero-order valence-electron chi connectivity index (χ0n) is 19.4. The monoisotopic (exact) mass is 452 g/mol. The zero-order chi connectivity index (χ0) is 23.6. The van der Waals surface area contributed by atoms with Gasteiger partial charge in [-0.1, -0.05) is 72.8 Å². The molecule has 6 rings (SSSR count). The highest BCUT2D eigenvalue weighted by Gasteiger charge is 2.18. The van der Waals surface area contributed by atoms with Gasteiger partial charge in [-0.25, -0.2) is 9.97 Å².